The number of hydrogen-bond acceptors (Lipinski definition) is 3. The number of carbonyl (C=O) groups is 1. The van der Waals surface area contributed by atoms with Crippen molar-refractivity contribution < 1.29 is 19.2 Å². The predicted molar refractivity (Wildman–Crippen MR) is 106 cm³/mol. The van der Waals surface area contributed by atoms with Crippen LogP contribution in [0.3, 0.4) is 0 Å². The molecule has 0 saturated carbocycles. The fraction of sp³-hybridized carbons (Fsp3) is 0.286. The average molecular weight is 417 g/mol. The second-order valence-electron chi connectivity index (χ2n) is 6.44. The topological polar surface area (TPSA) is 54.9 Å². The molecule has 5 heteroatoms. The molecule has 0 spiro atoms. The van der Waals surface area contributed by atoms with Gasteiger partial charge in [0.2, 0.25) is 0 Å². The molecule has 0 saturated heterocycles. The number of phenols is 1. The number of aryl methyl sites for hydroxylation is 1. The number of halogens is 1. The van der Waals surface area contributed by atoms with E-state index in [0.717, 1.165) is 28.5 Å². The van der Waals surface area contributed by atoms with E-state index in [4.69, 9.17) is 4.42 Å². The minimum Gasteiger partial charge on any atom is -0.507 e. The first kappa shape index (κ1) is 18.7. The summed E-state index contributed by atoms with van der Waals surface area (Å²) in [6, 6.07) is 10.7. The lowest BCUT2D eigenvalue weighted by molar-refractivity contribution is -0.910. The molecule has 0 unspecified atom stereocenters. The molecule has 0 aliphatic rings. The maximum atomic E-state index is 13.2. The Hall–Kier alpha value is -2.11. The molecule has 3 aromatic rings. The number of quaternary nitrogens is 1. The van der Waals surface area contributed by atoms with Crippen molar-refractivity contribution in [2.75, 3.05) is 13.1 Å². The highest BCUT2D eigenvalue weighted by atomic mass is 79.9. The standard InChI is InChI=1S/C21H22BrNO3/c1-4-23(5-2)12-16-17(24)10-11-18-20(16)19(13(3)26-18)21(25)14-6-8-15(22)9-7-14/h6-11,24H,4-5,12H2,1-3H3/p+1. The first-order valence-electron chi connectivity index (χ1n) is 8.84. The van der Waals surface area contributed by atoms with E-state index in [0.29, 0.717) is 29.0 Å². The fourth-order valence-electron chi connectivity index (χ4n) is 3.31. The Balaban J connectivity index is 2.18. The van der Waals surface area contributed by atoms with Crippen molar-refractivity contribution in [3.05, 3.63) is 63.3 Å². The third-order valence-corrected chi connectivity index (χ3v) is 5.40. The quantitative estimate of drug-likeness (QED) is 0.599. The molecule has 0 atom stereocenters. The van der Waals surface area contributed by atoms with Gasteiger partial charge in [0.25, 0.3) is 0 Å². The van der Waals surface area contributed by atoms with Crippen LogP contribution in [-0.4, -0.2) is 24.0 Å². The zero-order chi connectivity index (χ0) is 18.8. The molecule has 0 amide bonds. The van der Waals surface area contributed by atoms with Crippen LogP contribution in [0.15, 0.2) is 45.3 Å². The van der Waals surface area contributed by atoms with E-state index in [1.54, 1.807) is 31.2 Å². The molecule has 1 aromatic heterocycles. The van der Waals surface area contributed by atoms with Crippen molar-refractivity contribution in [1.82, 2.24) is 0 Å². The van der Waals surface area contributed by atoms with Gasteiger partial charge in [-0.05, 0) is 57.2 Å². The number of phenolic OH excluding ortho intramolecular Hbond substituents is 1. The summed E-state index contributed by atoms with van der Waals surface area (Å²) in [5, 5.41) is 11.2. The maximum Gasteiger partial charge on any atom is 0.197 e. The van der Waals surface area contributed by atoms with E-state index >= 15 is 0 Å². The fourth-order valence-corrected chi connectivity index (χ4v) is 3.58. The second kappa shape index (κ2) is 7.64. The minimum atomic E-state index is -0.0878. The Morgan fingerprint density at radius 3 is 2.38 bits per heavy atom. The number of furan rings is 1. The highest BCUT2D eigenvalue weighted by Gasteiger charge is 2.25. The zero-order valence-corrected chi connectivity index (χ0v) is 16.8. The minimum absolute atomic E-state index is 0.0878. The summed E-state index contributed by atoms with van der Waals surface area (Å²) in [5.41, 5.74) is 2.56. The van der Waals surface area contributed by atoms with Crippen LogP contribution in [0, 0.1) is 6.92 Å². The van der Waals surface area contributed by atoms with Gasteiger partial charge in [0, 0.05) is 15.4 Å². The lowest BCUT2D eigenvalue weighted by Gasteiger charge is -2.17. The highest BCUT2D eigenvalue weighted by molar-refractivity contribution is 9.10. The number of carbonyl (C=O) groups excluding carboxylic acids is 1. The van der Waals surface area contributed by atoms with Gasteiger partial charge in [0.05, 0.1) is 24.2 Å². The Bertz CT molecular complexity index is 940. The Kier molecular flexibility index (Phi) is 5.49. The Morgan fingerprint density at radius 1 is 1.12 bits per heavy atom. The predicted octanol–water partition coefficient (Wildman–Crippen LogP) is 3.87. The first-order valence-corrected chi connectivity index (χ1v) is 9.63. The molecule has 4 nitrogen and oxygen atoms in total. The SMILES string of the molecule is CC[NH+](CC)Cc1c(O)ccc2oc(C)c(C(=O)c3ccc(Br)cc3)c12. The van der Waals surface area contributed by atoms with E-state index in [2.05, 4.69) is 29.8 Å². The summed E-state index contributed by atoms with van der Waals surface area (Å²) in [4.78, 5) is 14.5. The van der Waals surface area contributed by atoms with Gasteiger partial charge in [-0.2, -0.15) is 0 Å². The molecule has 1 heterocycles. The zero-order valence-electron chi connectivity index (χ0n) is 15.2. The summed E-state index contributed by atoms with van der Waals surface area (Å²) in [6.07, 6.45) is 0. The largest absolute Gasteiger partial charge is 0.507 e. The van der Waals surface area contributed by atoms with Gasteiger partial charge in [0.15, 0.2) is 5.78 Å². The highest BCUT2D eigenvalue weighted by Crippen LogP contribution is 2.34. The maximum absolute atomic E-state index is 13.2. The third-order valence-electron chi connectivity index (χ3n) is 4.88. The molecule has 0 aliphatic carbocycles. The summed E-state index contributed by atoms with van der Waals surface area (Å²) in [5.74, 6) is 0.701. The molecule has 136 valence electrons. The molecule has 0 bridgehead atoms. The van der Waals surface area contributed by atoms with Crippen molar-refractivity contribution >= 4 is 32.7 Å². The van der Waals surface area contributed by atoms with Crippen molar-refractivity contribution in [2.24, 2.45) is 0 Å². The van der Waals surface area contributed by atoms with Crippen LogP contribution in [-0.2, 0) is 6.54 Å². The van der Waals surface area contributed by atoms with Crippen LogP contribution >= 0.6 is 15.9 Å². The number of ketones is 1. The summed E-state index contributed by atoms with van der Waals surface area (Å²) >= 11 is 3.40. The molecule has 0 fully saturated rings. The van der Waals surface area contributed by atoms with E-state index in [1.165, 1.54) is 4.90 Å². The number of fused-ring (bicyclic) bond motifs is 1. The molecule has 26 heavy (non-hydrogen) atoms. The van der Waals surface area contributed by atoms with Gasteiger partial charge >= 0.3 is 0 Å². The lowest BCUT2D eigenvalue weighted by atomic mass is 9.96. The molecule has 3 rings (SSSR count). The Labute approximate surface area is 161 Å². The third kappa shape index (κ3) is 3.41. The number of hydrogen-bond donors (Lipinski definition) is 2. The van der Waals surface area contributed by atoms with E-state index in [-0.39, 0.29) is 11.5 Å². The molecule has 2 aromatic carbocycles. The van der Waals surface area contributed by atoms with Gasteiger partial charge in [-0.25, -0.2) is 0 Å². The van der Waals surface area contributed by atoms with Gasteiger partial charge in [-0.1, -0.05) is 15.9 Å². The lowest BCUT2D eigenvalue weighted by Crippen LogP contribution is -3.10. The summed E-state index contributed by atoms with van der Waals surface area (Å²) < 4.78 is 6.78. The number of aromatic hydroxyl groups is 1. The van der Waals surface area contributed by atoms with Crippen LogP contribution < -0.4 is 4.90 Å². The normalized spacial score (nSPS) is 11.4. The van der Waals surface area contributed by atoms with Gasteiger partial charge in [-0.15, -0.1) is 0 Å². The van der Waals surface area contributed by atoms with Crippen LogP contribution in [0.25, 0.3) is 11.0 Å². The van der Waals surface area contributed by atoms with Crippen LogP contribution in [0.5, 0.6) is 5.75 Å². The number of rotatable bonds is 6. The van der Waals surface area contributed by atoms with Crippen molar-refractivity contribution in [3.63, 3.8) is 0 Å². The molecule has 0 radical (unpaired) electrons. The monoisotopic (exact) mass is 416 g/mol. The van der Waals surface area contributed by atoms with Crippen LogP contribution in [0.1, 0.15) is 41.1 Å². The van der Waals surface area contributed by atoms with Gasteiger partial charge in [-0.3, -0.25) is 4.79 Å². The van der Waals surface area contributed by atoms with Gasteiger partial charge in [0.1, 0.15) is 23.6 Å². The van der Waals surface area contributed by atoms with Crippen molar-refractivity contribution in [3.8, 4) is 5.75 Å². The molecular formula is C21H23BrNO3+. The van der Waals surface area contributed by atoms with Crippen LogP contribution in [0.4, 0.5) is 0 Å². The van der Waals surface area contributed by atoms with E-state index in [1.807, 2.05) is 12.1 Å². The van der Waals surface area contributed by atoms with Crippen molar-refractivity contribution in [1.29, 1.82) is 0 Å². The molecular weight excluding hydrogens is 394 g/mol. The average Bonchev–Trinajstić information content (AvgIpc) is 2.97. The smallest absolute Gasteiger partial charge is 0.197 e. The Morgan fingerprint density at radius 2 is 1.77 bits per heavy atom. The summed E-state index contributed by atoms with van der Waals surface area (Å²) in [6.45, 7) is 8.57. The second-order valence-corrected chi connectivity index (χ2v) is 7.36. The van der Waals surface area contributed by atoms with Gasteiger partial charge < -0.3 is 14.4 Å². The summed E-state index contributed by atoms with van der Waals surface area (Å²) in [7, 11) is 0. The number of nitrogens with one attached hydrogen (secondary N) is 1. The number of benzene rings is 2. The van der Waals surface area contributed by atoms with Crippen molar-refractivity contribution in [2.45, 2.75) is 27.3 Å². The molecule has 0 aliphatic heterocycles. The van der Waals surface area contributed by atoms with E-state index < -0.39 is 0 Å². The van der Waals surface area contributed by atoms with Crippen LogP contribution in [0.2, 0.25) is 0 Å². The van der Waals surface area contributed by atoms with E-state index in [9.17, 15) is 9.90 Å². The molecule has 2 N–H and O–H groups in total. The first-order chi connectivity index (χ1) is 12.5.